The Hall–Kier alpha value is -1.51. The lowest BCUT2D eigenvalue weighted by molar-refractivity contribution is 0.0547. The Morgan fingerprint density at radius 2 is 1.93 bits per heavy atom. The van der Waals surface area contributed by atoms with Crippen LogP contribution in [0.3, 0.4) is 0 Å². The third kappa shape index (κ3) is 2.49. The molecule has 0 amide bonds. The van der Waals surface area contributed by atoms with Crippen LogP contribution in [0.15, 0.2) is 24.3 Å². The first kappa shape index (κ1) is 10.6. The van der Waals surface area contributed by atoms with E-state index in [-0.39, 0.29) is 12.6 Å². The molecule has 1 radical (unpaired) electrons. The average Bonchev–Trinajstić information content (AvgIpc) is 2.18. The van der Waals surface area contributed by atoms with Crippen LogP contribution in [0.2, 0.25) is 0 Å². The van der Waals surface area contributed by atoms with E-state index in [1.165, 1.54) is 0 Å². The molecule has 0 N–H and O–H groups in total. The van der Waals surface area contributed by atoms with Crippen molar-refractivity contribution in [1.82, 2.24) is 0 Å². The number of nitrogens with zero attached hydrogens (tertiary/aromatic N) is 1. The molecule has 0 saturated carbocycles. The quantitative estimate of drug-likeness (QED) is 0.683. The van der Waals surface area contributed by atoms with E-state index in [4.69, 9.17) is 4.74 Å². The van der Waals surface area contributed by atoms with Crippen LogP contribution in [0.25, 0.3) is 0 Å². The summed E-state index contributed by atoms with van der Waals surface area (Å²) in [5, 5.41) is 0. The summed E-state index contributed by atoms with van der Waals surface area (Å²) in [4.78, 5) is 13.2. The third-order valence-electron chi connectivity index (χ3n) is 1.85. The van der Waals surface area contributed by atoms with Gasteiger partial charge in [0.25, 0.3) is 0 Å². The van der Waals surface area contributed by atoms with Crippen LogP contribution in [0.1, 0.15) is 10.4 Å². The SMILES string of the molecule is [CH2]COC(=O)c1ccc(N(C)C)cc1. The van der Waals surface area contributed by atoms with Gasteiger partial charge in [0.15, 0.2) is 0 Å². The summed E-state index contributed by atoms with van der Waals surface area (Å²) in [7, 11) is 3.90. The monoisotopic (exact) mass is 192 g/mol. The topological polar surface area (TPSA) is 29.5 Å². The Kier molecular flexibility index (Phi) is 3.51. The van der Waals surface area contributed by atoms with E-state index in [9.17, 15) is 4.79 Å². The minimum absolute atomic E-state index is 0.161. The molecule has 0 atom stereocenters. The zero-order valence-electron chi connectivity index (χ0n) is 8.49. The molecular weight excluding hydrogens is 178 g/mol. The molecule has 1 aromatic rings. The number of carbonyl (C=O) groups excluding carboxylic acids is 1. The van der Waals surface area contributed by atoms with Crippen LogP contribution in [0.5, 0.6) is 0 Å². The summed E-state index contributed by atoms with van der Waals surface area (Å²) < 4.78 is 4.76. The van der Waals surface area contributed by atoms with Crippen LogP contribution in [-0.4, -0.2) is 26.7 Å². The highest BCUT2D eigenvalue weighted by Crippen LogP contribution is 2.12. The fourth-order valence-electron chi connectivity index (χ4n) is 1.07. The molecule has 3 nitrogen and oxygen atoms in total. The predicted octanol–water partition coefficient (Wildman–Crippen LogP) is 1.74. The normalized spacial score (nSPS) is 9.64. The number of esters is 1. The summed E-state index contributed by atoms with van der Waals surface area (Å²) in [6.45, 7) is 3.61. The second kappa shape index (κ2) is 4.65. The number of benzene rings is 1. The fourth-order valence-corrected chi connectivity index (χ4v) is 1.07. The highest BCUT2D eigenvalue weighted by atomic mass is 16.5. The van der Waals surface area contributed by atoms with Gasteiger partial charge in [-0.3, -0.25) is 0 Å². The minimum Gasteiger partial charge on any atom is -0.462 e. The molecule has 0 aliphatic rings. The van der Waals surface area contributed by atoms with Crippen molar-refractivity contribution in [2.45, 2.75) is 0 Å². The summed E-state index contributed by atoms with van der Waals surface area (Å²) in [5.74, 6) is -0.328. The fraction of sp³-hybridized carbons (Fsp3) is 0.273. The van der Waals surface area contributed by atoms with Crippen LogP contribution in [0.4, 0.5) is 5.69 Å². The molecule has 0 saturated heterocycles. The van der Waals surface area contributed by atoms with Gasteiger partial charge in [0.05, 0.1) is 12.2 Å². The molecule has 0 aromatic heterocycles. The van der Waals surface area contributed by atoms with E-state index in [2.05, 4.69) is 6.92 Å². The average molecular weight is 192 g/mol. The van der Waals surface area contributed by atoms with E-state index in [1.807, 2.05) is 31.1 Å². The van der Waals surface area contributed by atoms with E-state index in [0.717, 1.165) is 5.69 Å². The number of rotatable bonds is 3. The standard InChI is InChI=1S/C11H14NO2/c1-4-14-11(13)9-5-7-10(8-6-9)12(2)3/h5-8H,1,4H2,2-3H3. The van der Waals surface area contributed by atoms with Gasteiger partial charge in [-0.1, -0.05) is 0 Å². The summed E-state index contributed by atoms with van der Waals surface area (Å²) in [6, 6.07) is 7.24. The molecule has 0 unspecified atom stereocenters. The van der Waals surface area contributed by atoms with E-state index < -0.39 is 0 Å². The smallest absolute Gasteiger partial charge is 0.338 e. The van der Waals surface area contributed by atoms with Crippen molar-refractivity contribution in [1.29, 1.82) is 0 Å². The van der Waals surface area contributed by atoms with Crippen molar-refractivity contribution in [2.75, 3.05) is 25.6 Å². The molecule has 3 heteroatoms. The van der Waals surface area contributed by atoms with Crippen molar-refractivity contribution in [3.8, 4) is 0 Å². The van der Waals surface area contributed by atoms with E-state index >= 15 is 0 Å². The van der Waals surface area contributed by atoms with Gasteiger partial charge < -0.3 is 9.64 Å². The molecule has 14 heavy (non-hydrogen) atoms. The molecule has 0 aliphatic carbocycles. The molecule has 1 rings (SSSR count). The molecule has 0 spiro atoms. The van der Waals surface area contributed by atoms with Crippen LogP contribution in [0, 0.1) is 6.92 Å². The van der Waals surface area contributed by atoms with Crippen molar-refractivity contribution >= 4 is 11.7 Å². The van der Waals surface area contributed by atoms with Gasteiger partial charge in [0.2, 0.25) is 0 Å². The third-order valence-corrected chi connectivity index (χ3v) is 1.85. The van der Waals surface area contributed by atoms with Crippen molar-refractivity contribution < 1.29 is 9.53 Å². The summed E-state index contributed by atoms with van der Waals surface area (Å²) in [6.07, 6.45) is 0. The molecule has 75 valence electrons. The van der Waals surface area contributed by atoms with E-state index in [0.29, 0.717) is 5.56 Å². The highest BCUT2D eigenvalue weighted by molar-refractivity contribution is 5.89. The Morgan fingerprint density at radius 1 is 1.36 bits per heavy atom. The maximum absolute atomic E-state index is 11.3. The first-order valence-electron chi connectivity index (χ1n) is 4.39. The Morgan fingerprint density at radius 3 is 2.36 bits per heavy atom. The molecule has 0 heterocycles. The first-order valence-corrected chi connectivity index (χ1v) is 4.39. The number of anilines is 1. The molecular formula is C11H14NO2. The minimum atomic E-state index is -0.328. The largest absolute Gasteiger partial charge is 0.462 e. The van der Waals surface area contributed by atoms with Crippen molar-refractivity contribution in [2.24, 2.45) is 0 Å². The highest BCUT2D eigenvalue weighted by Gasteiger charge is 2.05. The number of ether oxygens (including phenoxy) is 1. The number of hydrogen-bond acceptors (Lipinski definition) is 3. The van der Waals surface area contributed by atoms with Gasteiger partial charge in [-0.05, 0) is 31.2 Å². The molecule has 0 bridgehead atoms. The summed E-state index contributed by atoms with van der Waals surface area (Å²) in [5.41, 5.74) is 1.61. The van der Waals surface area contributed by atoms with Crippen molar-refractivity contribution in [3.05, 3.63) is 36.8 Å². The Labute approximate surface area is 84.3 Å². The molecule has 0 fully saturated rings. The van der Waals surface area contributed by atoms with Gasteiger partial charge in [0, 0.05) is 19.8 Å². The molecule has 1 aromatic carbocycles. The van der Waals surface area contributed by atoms with Crippen LogP contribution in [-0.2, 0) is 4.74 Å². The maximum atomic E-state index is 11.3. The van der Waals surface area contributed by atoms with Crippen molar-refractivity contribution in [3.63, 3.8) is 0 Å². The second-order valence-corrected chi connectivity index (χ2v) is 3.08. The maximum Gasteiger partial charge on any atom is 0.338 e. The lowest BCUT2D eigenvalue weighted by atomic mass is 10.2. The predicted molar refractivity (Wildman–Crippen MR) is 56.4 cm³/mol. The first-order chi connectivity index (χ1) is 6.65. The lowest BCUT2D eigenvalue weighted by Crippen LogP contribution is -2.09. The lowest BCUT2D eigenvalue weighted by Gasteiger charge is -2.12. The van der Waals surface area contributed by atoms with Gasteiger partial charge in [-0.15, -0.1) is 0 Å². The zero-order valence-corrected chi connectivity index (χ0v) is 8.49. The van der Waals surface area contributed by atoms with Gasteiger partial charge in [0.1, 0.15) is 0 Å². The van der Waals surface area contributed by atoms with Gasteiger partial charge in [-0.2, -0.15) is 0 Å². The summed E-state index contributed by atoms with van der Waals surface area (Å²) >= 11 is 0. The van der Waals surface area contributed by atoms with Gasteiger partial charge >= 0.3 is 5.97 Å². The van der Waals surface area contributed by atoms with Gasteiger partial charge in [-0.25, -0.2) is 4.79 Å². The van der Waals surface area contributed by atoms with Crippen LogP contribution >= 0.6 is 0 Å². The Bertz CT molecular complexity index is 304. The zero-order chi connectivity index (χ0) is 10.6. The van der Waals surface area contributed by atoms with E-state index in [1.54, 1.807) is 12.1 Å². The number of carbonyl (C=O) groups is 1. The second-order valence-electron chi connectivity index (χ2n) is 3.08. The van der Waals surface area contributed by atoms with Crippen LogP contribution < -0.4 is 4.90 Å². The molecule has 0 aliphatic heterocycles. The Balaban J connectivity index is 2.78. The number of hydrogen-bond donors (Lipinski definition) is 0.